The van der Waals surface area contributed by atoms with Crippen molar-refractivity contribution in [3.63, 3.8) is 0 Å². The third-order valence-electron chi connectivity index (χ3n) is 1.27. The van der Waals surface area contributed by atoms with E-state index in [1.165, 1.54) is 17.8 Å². The summed E-state index contributed by atoms with van der Waals surface area (Å²) in [5.41, 5.74) is 5.05. The molecule has 0 aliphatic rings. The van der Waals surface area contributed by atoms with Gasteiger partial charge in [0.15, 0.2) is 0 Å². The van der Waals surface area contributed by atoms with Crippen LogP contribution in [0.1, 0.15) is 0 Å². The summed E-state index contributed by atoms with van der Waals surface area (Å²) in [7, 11) is 0. The number of nitrogen functional groups attached to an aromatic ring is 1. The molecule has 0 atom stereocenters. The van der Waals surface area contributed by atoms with Gasteiger partial charge >= 0.3 is 0 Å². The minimum absolute atomic E-state index is 0.0353. The second-order valence-corrected chi connectivity index (χ2v) is 3.34. The van der Waals surface area contributed by atoms with Crippen molar-refractivity contribution in [2.45, 2.75) is 5.03 Å². The van der Waals surface area contributed by atoms with Crippen LogP contribution in [0.4, 0.5) is 5.82 Å². The molecule has 0 unspecified atom stereocenters. The molecular weight excluding hydrogens is 192 g/mol. The van der Waals surface area contributed by atoms with Gasteiger partial charge in [0, 0.05) is 11.8 Å². The van der Waals surface area contributed by atoms with Gasteiger partial charge in [-0.2, -0.15) is 0 Å². The number of thioether (sulfide) groups is 1. The Morgan fingerprint density at radius 2 is 2.38 bits per heavy atom. The summed E-state index contributed by atoms with van der Waals surface area (Å²) < 4.78 is 0.489. The Morgan fingerprint density at radius 3 is 2.92 bits per heavy atom. The lowest BCUT2D eigenvalue weighted by Gasteiger charge is -2.03. The van der Waals surface area contributed by atoms with E-state index in [0.717, 1.165) is 0 Å². The zero-order valence-electron chi connectivity index (χ0n) is 6.77. The van der Waals surface area contributed by atoms with Gasteiger partial charge in [-0.05, 0) is 0 Å². The van der Waals surface area contributed by atoms with E-state index in [1.807, 2.05) is 0 Å². The molecule has 13 heavy (non-hydrogen) atoms. The van der Waals surface area contributed by atoms with E-state index in [2.05, 4.69) is 4.98 Å². The maximum atomic E-state index is 9.04. The lowest BCUT2D eigenvalue weighted by Crippen LogP contribution is -2.23. The van der Waals surface area contributed by atoms with Crippen LogP contribution in [-0.4, -0.2) is 32.4 Å². The predicted molar refractivity (Wildman–Crippen MR) is 47.5 cm³/mol. The average Bonchev–Trinajstić information content (AvgIpc) is 2.10. The first-order valence-corrected chi connectivity index (χ1v) is 4.51. The molecule has 1 heterocycles. The van der Waals surface area contributed by atoms with Crippen LogP contribution in [0.15, 0.2) is 11.1 Å². The molecule has 0 fully saturated rings. The Hall–Kier alpha value is -1.21. The summed E-state index contributed by atoms with van der Waals surface area (Å²) >= 11 is 1.27. The summed E-state index contributed by atoms with van der Waals surface area (Å²) in [4.78, 5) is 3.72. The van der Waals surface area contributed by atoms with E-state index >= 15 is 0 Å². The smallest absolute Gasteiger partial charge is 0.258 e. The van der Waals surface area contributed by atoms with Gasteiger partial charge in [0.1, 0.15) is 10.8 Å². The molecule has 72 valence electrons. The van der Waals surface area contributed by atoms with E-state index in [9.17, 15) is 0 Å². The van der Waals surface area contributed by atoms with Crippen molar-refractivity contribution in [1.82, 2.24) is 9.71 Å². The number of anilines is 1. The molecule has 0 radical (unpaired) electrons. The fourth-order valence-electron chi connectivity index (χ4n) is 0.718. The van der Waals surface area contributed by atoms with Crippen LogP contribution in [0.2, 0.25) is 0 Å². The molecule has 0 saturated carbocycles. The summed E-state index contributed by atoms with van der Waals surface area (Å²) in [6.45, 7) is 0.0353. The van der Waals surface area contributed by atoms with E-state index in [-0.39, 0.29) is 18.0 Å². The van der Waals surface area contributed by atoms with Crippen LogP contribution in [-0.2, 0) is 0 Å². The average molecular weight is 202 g/mol. The number of nitrogens with two attached hydrogens (primary N) is 1. The Balaban J connectivity index is 2.93. The van der Waals surface area contributed by atoms with Gasteiger partial charge in [0.25, 0.3) is 5.62 Å². The predicted octanol–water partition coefficient (Wildman–Crippen LogP) is -0.734. The maximum Gasteiger partial charge on any atom is 0.258 e. The summed E-state index contributed by atoms with van der Waals surface area (Å²) in [5, 5.41) is 25.3. The van der Waals surface area contributed by atoms with Crippen molar-refractivity contribution in [3.05, 3.63) is 11.7 Å². The number of hydrogen-bond acceptors (Lipinski definition) is 6. The number of aliphatic hydroxyl groups excluding tert-OH is 1. The number of rotatable bonds is 3. The molecule has 0 spiro atoms. The van der Waals surface area contributed by atoms with Crippen LogP contribution in [0.25, 0.3) is 0 Å². The third kappa shape index (κ3) is 2.36. The highest BCUT2D eigenvalue weighted by atomic mass is 32.2. The van der Waals surface area contributed by atoms with Crippen molar-refractivity contribution in [3.8, 4) is 0 Å². The molecule has 0 bridgehead atoms. The molecule has 0 aliphatic carbocycles. The number of nitrogens with one attached hydrogen (secondary N) is 1. The minimum atomic E-state index is -0.319. The molecule has 1 aromatic heterocycles. The van der Waals surface area contributed by atoms with E-state index in [1.54, 1.807) is 0 Å². The SMILES string of the molecule is N=c1nc(SCCO)cc(N)n1O. The fourth-order valence-corrected chi connectivity index (χ4v) is 1.37. The summed E-state index contributed by atoms with van der Waals surface area (Å²) in [6, 6.07) is 1.44. The van der Waals surface area contributed by atoms with Gasteiger partial charge < -0.3 is 16.0 Å². The van der Waals surface area contributed by atoms with Gasteiger partial charge in [-0.3, -0.25) is 5.41 Å². The number of aromatic nitrogens is 2. The van der Waals surface area contributed by atoms with Crippen molar-refractivity contribution in [2.75, 3.05) is 18.1 Å². The topological polar surface area (TPSA) is 108 Å². The second-order valence-electron chi connectivity index (χ2n) is 2.23. The molecule has 0 aliphatic heterocycles. The summed E-state index contributed by atoms with van der Waals surface area (Å²) in [5.74, 6) is 0.543. The monoisotopic (exact) mass is 202 g/mol. The fraction of sp³-hybridized carbons (Fsp3) is 0.333. The van der Waals surface area contributed by atoms with Crippen molar-refractivity contribution < 1.29 is 10.3 Å². The van der Waals surface area contributed by atoms with Crippen LogP contribution >= 0.6 is 11.8 Å². The molecule has 0 amide bonds. The normalized spacial score (nSPS) is 10.2. The number of nitrogens with zero attached hydrogens (tertiary/aromatic N) is 2. The summed E-state index contributed by atoms with van der Waals surface area (Å²) in [6.07, 6.45) is 0. The largest absolute Gasteiger partial charge is 0.423 e. The van der Waals surface area contributed by atoms with Gasteiger partial charge in [-0.25, -0.2) is 4.98 Å². The first-order chi connectivity index (χ1) is 6.15. The third-order valence-corrected chi connectivity index (χ3v) is 2.17. The molecule has 5 N–H and O–H groups in total. The molecule has 1 rings (SSSR count). The molecule has 6 nitrogen and oxygen atoms in total. The molecule has 0 saturated heterocycles. The second kappa shape index (κ2) is 4.15. The number of aliphatic hydroxyl groups is 1. The molecule has 0 aromatic carbocycles. The van der Waals surface area contributed by atoms with Crippen molar-refractivity contribution in [1.29, 1.82) is 5.41 Å². The first kappa shape index (κ1) is 9.87. The van der Waals surface area contributed by atoms with Crippen LogP contribution < -0.4 is 11.4 Å². The Labute approximate surface area is 78.5 Å². The van der Waals surface area contributed by atoms with Crippen LogP contribution in [0.5, 0.6) is 0 Å². The quantitative estimate of drug-likeness (QED) is 0.293. The van der Waals surface area contributed by atoms with Gasteiger partial charge in [0.05, 0.1) is 6.61 Å². The standard InChI is InChI=1S/C6H10N4O2S/c7-4-3-5(13-2-1-11)9-6(8)10(4)12/h3,8,11-12H,1-2,7H2. The Bertz CT molecular complexity index is 351. The molecule has 7 heteroatoms. The Kier molecular flexibility index (Phi) is 3.15. The number of hydrogen-bond donors (Lipinski definition) is 4. The van der Waals surface area contributed by atoms with E-state index in [0.29, 0.717) is 15.5 Å². The minimum Gasteiger partial charge on any atom is -0.423 e. The lowest BCUT2D eigenvalue weighted by atomic mass is 10.6. The van der Waals surface area contributed by atoms with Crippen molar-refractivity contribution in [2.24, 2.45) is 0 Å². The first-order valence-electron chi connectivity index (χ1n) is 3.52. The van der Waals surface area contributed by atoms with Crippen molar-refractivity contribution >= 4 is 17.6 Å². The van der Waals surface area contributed by atoms with Crippen LogP contribution in [0.3, 0.4) is 0 Å². The zero-order chi connectivity index (χ0) is 9.84. The lowest BCUT2D eigenvalue weighted by molar-refractivity contribution is 0.170. The zero-order valence-corrected chi connectivity index (χ0v) is 7.58. The molecular formula is C6H10N4O2S. The highest BCUT2D eigenvalue weighted by Crippen LogP contribution is 2.14. The highest BCUT2D eigenvalue weighted by molar-refractivity contribution is 7.99. The van der Waals surface area contributed by atoms with Gasteiger partial charge in [0.2, 0.25) is 0 Å². The van der Waals surface area contributed by atoms with Gasteiger partial charge in [-0.15, -0.1) is 16.5 Å². The van der Waals surface area contributed by atoms with Crippen LogP contribution in [0, 0.1) is 5.41 Å². The van der Waals surface area contributed by atoms with E-state index < -0.39 is 0 Å². The van der Waals surface area contributed by atoms with Gasteiger partial charge in [-0.1, -0.05) is 0 Å². The Morgan fingerprint density at radius 1 is 1.69 bits per heavy atom. The molecule has 1 aromatic rings. The maximum absolute atomic E-state index is 9.04. The highest BCUT2D eigenvalue weighted by Gasteiger charge is 2.01. The van der Waals surface area contributed by atoms with E-state index in [4.69, 9.17) is 21.5 Å².